The predicted octanol–water partition coefficient (Wildman–Crippen LogP) is 4.92. The van der Waals surface area contributed by atoms with Crippen molar-refractivity contribution in [3.63, 3.8) is 0 Å². The van der Waals surface area contributed by atoms with Crippen molar-refractivity contribution in [2.45, 2.75) is 26.4 Å². The van der Waals surface area contributed by atoms with Crippen LogP contribution >= 0.6 is 0 Å². The maximum atomic E-state index is 12.8. The summed E-state index contributed by atoms with van der Waals surface area (Å²) in [6.45, 7) is 5.08. The standard InChI is InChI=1S/C26H27N3O3/c1-18-9-4-7-14-24(18)32-16-15-29-23-13-6-5-12-22(23)28-25(29)19(2)27-26(30)20-10-8-11-21(17-20)31-3/h4-14,17,19H,15-16H2,1-3H3,(H,27,30). The number of hydrogen-bond donors (Lipinski definition) is 1. The van der Waals surface area contributed by atoms with Crippen molar-refractivity contribution in [3.8, 4) is 11.5 Å². The molecule has 4 aromatic rings. The summed E-state index contributed by atoms with van der Waals surface area (Å²) in [5.41, 5.74) is 3.54. The average Bonchev–Trinajstić information content (AvgIpc) is 3.19. The van der Waals surface area contributed by atoms with Crippen LogP contribution in [-0.2, 0) is 6.54 Å². The van der Waals surface area contributed by atoms with Crippen LogP contribution in [0.1, 0.15) is 34.7 Å². The molecule has 1 amide bonds. The molecule has 4 rings (SSSR count). The van der Waals surface area contributed by atoms with Crippen molar-refractivity contribution in [1.29, 1.82) is 0 Å². The minimum Gasteiger partial charge on any atom is -0.497 e. The van der Waals surface area contributed by atoms with Crippen LogP contribution in [0.3, 0.4) is 0 Å². The van der Waals surface area contributed by atoms with E-state index in [2.05, 4.69) is 9.88 Å². The topological polar surface area (TPSA) is 65.4 Å². The molecule has 0 bridgehead atoms. The Balaban J connectivity index is 1.54. The molecule has 3 aromatic carbocycles. The molecule has 0 saturated heterocycles. The smallest absolute Gasteiger partial charge is 0.251 e. The second-order valence-electron chi connectivity index (χ2n) is 7.65. The van der Waals surface area contributed by atoms with Crippen molar-refractivity contribution in [3.05, 3.63) is 89.7 Å². The summed E-state index contributed by atoms with van der Waals surface area (Å²) < 4.78 is 13.4. The molecule has 164 valence electrons. The molecule has 1 unspecified atom stereocenters. The number of nitrogens with zero attached hydrogens (tertiary/aromatic N) is 2. The lowest BCUT2D eigenvalue weighted by Gasteiger charge is -2.17. The first kappa shape index (κ1) is 21.4. The molecule has 1 atom stereocenters. The van der Waals surface area contributed by atoms with Gasteiger partial charge >= 0.3 is 0 Å². The zero-order valence-electron chi connectivity index (χ0n) is 18.5. The molecule has 6 nitrogen and oxygen atoms in total. The lowest BCUT2D eigenvalue weighted by atomic mass is 10.2. The van der Waals surface area contributed by atoms with Gasteiger partial charge < -0.3 is 19.4 Å². The normalized spacial score (nSPS) is 11.8. The largest absolute Gasteiger partial charge is 0.497 e. The molecule has 0 aliphatic rings. The van der Waals surface area contributed by atoms with E-state index in [1.807, 2.05) is 68.4 Å². The Hall–Kier alpha value is -3.80. The number of methoxy groups -OCH3 is 1. The summed E-state index contributed by atoms with van der Waals surface area (Å²) in [5, 5.41) is 3.06. The number of carbonyl (C=O) groups excluding carboxylic acids is 1. The summed E-state index contributed by atoms with van der Waals surface area (Å²) in [6.07, 6.45) is 0. The molecule has 1 heterocycles. The number of rotatable bonds is 8. The van der Waals surface area contributed by atoms with Crippen molar-refractivity contribution in [1.82, 2.24) is 14.9 Å². The molecule has 0 radical (unpaired) electrons. The van der Waals surface area contributed by atoms with Gasteiger partial charge in [-0.1, -0.05) is 36.4 Å². The number of imidazole rings is 1. The Morgan fingerprint density at radius 1 is 1.06 bits per heavy atom. The minimum absolute atomic E-state index is 0.175. The Kier molecular flexibility index (Phi) is 6.40. The van der Waals surface area contributed by atoms with Crippen LogP contribution in [0.5, 0.6) is 11.5 Å². The lowest BCUT2D eigenvalue weighted by molar-refractivity contribution is 0.0937. The fourth-order valence-electron chi connectivity index (χ4n) is 3.73. The van der Waals surface area contributed by atoms with Gasteiger partial charge in [0, 0.05) is 5.56 Å². The number of hydrogen-bond acceptors (Lipinski definition) is 4. The highest BCUT2D eigenvalue weighted by atomic mass is 16.5. The third-order valence-corrected chi connectivity index (χ3v) is 5.42. The zero-order chi connectivity index (χ0) is 22.5. The third-order valence-electron chi connectivity index (χ3n) is 5.42. The highest BCUT2D eigenvalue weighted by molar-refractivity contribution is 5.94. The predicted molar refractivity (Wildman–Crippen MR) is 125 cm³/mol. The maximum Gasteiger partial charge on any atom is 0.251 e. The first-order chi connectivity index (χ1) is 15.6. The summed E-state index contributed by atoms with van der Waals surface area (Å²) >= 11 is 0. The van der Waals surface area contributed by atoms with E-state index in [-0.39, 0.29) is 11.9 Å². The highest BCUT2D eigenvalue weighted by Crippen LogP contribution is 2.22. The van der Waals surface area contributed by atoms with E-state index < -0.39 is 0 Å². The number of aromatic nitrogens is 2. The van der Waals surface area contributed by atoms with E-state index in [1.165, 1.54) is 0 Å². The Labute approximate surface area is 187 Å². The lowest BCUT2D eigenvalue weighted by Crippen LogP contribution is -2.29. The van der Waals surface area contributed by atoms with Gasteiger partial charge in [0.15, 0.2) is 0 Å². The van der Waals surface area contributed by atoms with Gasteiger partial charge in [-0.2, -0.15) is 0 Å². The van der Waals surface area contributed by atoms with E-state index in [1.54, 1.807) is 25.3 Å². The van der Waals surface area contributed by atoms with Crippen molar-refractivity contribution in [2.24, 2.45) is 0 Å². The SMILES string of the molecule is COc1cccc(C(=O)NC(C)c2nc3ccccc3n2CCOc2ccccc2C)c1. The summed E-state index contributed by atoms with van der Waals surface area (Å²) in [5.74, 6) is 2.13. The Morgan fingerprint density at radius 3 is 2.66 bits per heavy atom. The highest BCUT2D eigenvalue weighted by Gasteiger charge is 2.19. The molecule has 1 N–H and O–H groups in total. The maximum absolute atomic E-state index is 12.8. The second-order valence-corrected chi connectivity index (χ2v) is 7.65. The first-order valence-electron chi connectivity index (χ1n) is 10.7. The van der Waals surface area contributed by atoms with Gasteiger partial charge in [-0.15, -0.1) is 0 Å². The Bertz CT molecular complexity index is 1230. The molecular weight excluding hydrogens is 402 g/mol. The molecule has 0 aliphatic heterocycles. The molecule has 0 fully saturated rings. The van der Waals surface area contributed by atoms with Crippen molar-refractivity contribution in [2.75, 3.05) is 13.7 Å². The van der Waals surface area contributed by atoms with Crippen LogP contribution in [0.25, 0.3) is 11.0 Å². The molecule has 0 aliphatic carbocycles. The molecule has 1 aromatic heterocycles. The molecular formula is C26H27N3O3. The van der Waals surface area contributed by atoms with E-state index >= 15 is 0 Å². The van der Waals surface area contributed by atoms with Gasteiger partial charge in [0.2, 0.25) is 0 Å². The second kappa shape index (κ2) is 9.56. The number of fused-ring (bicyclic) bond motifs is 1. The van der Waals surface area contributed by atoms with Crippen LogP contribution in [0.4, 0.5) is 0 Å². The molecule has 0 saturated carbocycles. The minimum atomic E-state index is -0.292. The molecule has 32 heavy (non-hydrogen) atoms. The zero-order valence-corrected chi connectivity index (χ0v) is 18.5. The van der Waals surface area contributed by atoms with Gasteiger partial charge in [0.05, 0.1) is 30.7 Å². The number of nitrogens with one attached hydrogen (secondary N) is 1. The average molecular weight is 430 g/mol. The van der Waals surface area contributed by atoms with Crippen LogP contribution in [0.15, 0.2) is 72.8 Å². The molecule has 0 spiro atoms. The monoisotopic (exact) mass is 429 g/mol. The number of aryl methyl sites for hydroxylation is 1. The summed E-state index contributed by atoms with van der Waals surface area (Å²) in [4.78, 5) is 17.6. The number of ether oxygens (including phenoxy) is 2. The number of amides is 1. The Morgan fingerprint density at radius 2 is 1.84 bits per heavy atom. The summed E-state index contributed by atoms with van der Waals surface area (Å²) in [6, 6.07) is 22.8. The summed E-state index contributed by atoms with van der Waals surface area (Å²) in [7, 11) is 1.58. The van der Waals surface area contributed by atoms with E-state index in [0.717, 1.165) is 28.2 Å². The fourth-order valence-corrected chi connectivity index (χ4v) is 3.73. The number of benzene rings is 3. The van der Waals surface area contributed by atoms with Crippen LogP contribution in [0, 0.1) is 6.92 Å². The van der Waals surface area contributed by atoms with E-state index in [9.17, 15) is 4.79 Å². The van der Waals surface area contributed by atoms with Crippen molar-refractivity contribution < 1.29 is 14.3 Å². The third kappa shape index (κ3) is 4.59. The fraction of sp³-hybridized carbons (Fsp3) is 0.231. The van der Waals surface area contributed by atoms with E-state index in [4.69, 9.17) is 14.5 Å². The van der Waals surface area contributed by atoms with Gasteiger partial charge in [-0.25, -0.2) is 4.98 Å². The van der Waals surface area contributed by atoms with Crippen LogP contribution < -0.4 is 14.8 Å². The number of carbonyl (C=O) groups is 1. The van der Waals surface area contributed by atoms with Gasteiger partial charge in [0.1, 0.15) is 23.9 Å². The van der Waals surface area contributed by atoms with Crippen LogP contribution in [0.2, 0.25) is 0 Å². The first-order valence-corrected chi connectivity index (χ1v) is 10.7. The van der Waals surface area contributed by atoms with Crippen LogP contribution in [-0.4, -0.2) is 29.2 Å². The van der Waals surface area contributed by atoms with Gasteiger partial charge in [-0.3, -0.25) is 4.79 Å². The van der Waals surface area contributed by atoms with E-state index in [0.29, 0.717) is 24.5 Å². The van der Waals surface area contributed by atoms with Gasteiger partial charge in [-0.05, 0) is 55.8 Å². The van der Waals surface area contributed by atoms with Gasteiger partial charge in [0.25, 0.3) is 5.91 Å². The molecule has 6 heteroatoms. The quantitative estimate of drug-likeness (QED) is 0.432. The van der Waals surface area contributed by atoms with Crippen molar-refractivity contribution >= 4 is 16.9 Å². The number of para-hydroxylation sites is 3.